The van der Waals surface area contributed by atoms with Gasteiger partial charge in [0.05, 0.1) is 11.6 Å². The Labute approximate surface area is 134 Å². The molecule has 1 aliphatic heterocycles. The molecule has 2 heterocycles. The second-order valence-electron chi connectivity index (χ2n) is 5.67. The molecule has 1 saturated carbocycles. The van der Waals surface area contributed by atoms with Gasteiger partial charge >= 0.3 is 6.18 Å². The Bertz CT molecular complexity index is 725. The van der Waals surface area contributed by atoms with Gasteiger partial charge < -0.3 is 5.32 Å². The molecule has 2 unspecified atom stereocenters. The van der Waals surface area contributed by atoms with E-state index in [0.717, 1.165) is 23.9 Å². The number of hydrogen-bond acceptors (Lipinski definition) is 4. The fourth-order valence-corrected chi connectivity index (χ4v) is 2.76. The highest BCUT2D eigenvalue weighted by Gasteiger charge is 2.33. The molecule has 126 valence electrons. The molecule has 0 aromatic carbocycles. The lowest BCUT2D eigenvalue weighted by Crippen LogP contribution is -2.39. The number of alkyl halides is 3. The van der Waals surface area contributed by atoms with Crippen molar-refractivity contribution in [3.63, 3.8) is 0 Å². The molecule has 0 bridgehead atoms. The van der Waals surface area contributed by atoms with Crippen LogP contribution in [0.1, 0.15) is 35.3 Å². The Hall–Kier alpha value is -2.58. The Morgan fingerprint density at radius 1 is 1.25 bits per heavy atom. The SMILES string of the molecule is O=C1C=C2CC(NC(=O)c3ccc(C(F)(F)F)nc3)CCC2N=N1. The first-order valence-electron chi connectivity index (χ1n) is 7.32. The summed E-state index contributed by atoms with van der Waals surface area (Å²) in [5.41, 5.74) is -0.175. The van der Waals surface area contributed by atoms with Crippen molar-refractivity contribution in [2.24, 2.45) is 10.2 Å². The van der Waals surface area contributed by atoms with Crippen LogP contribution in [-0.4, -0.2) is 28.9 Å². The number of carbonyl (C=O) groups is 2. The van der Waals surface area contributed by atoms with E-state index in [-0.39, 0.29) is 17.6 Å². The Kier molecular flexibility index (Phi) is 4.16. The number of halogens is 3. The molecule has 3 rings (SSSR count). The Morgan fingerprint density at radius 3 is 2.71 bits per heavy atom. The fraction of sp³-hybridized carbons (Fsp3) is 0.400. The second kappa shape index (κ2) is 6.14. The van der Waals surface area contributed by atoms with Crippen molar-refractivity contribution >= 4 is 11.8 Å². The molecule has 1 N–H and O–H groups in total. The van der Waals surface area contributed by atoms with Gasteiger partial charge in [0.1, 0.15) is 5.69 Å². The maximum Gasteiger partial charge on any atom is 0.433 e. The van der Waals surface area contributed by atoms with Crippen LogP contribution in [-0.2, 0) is 11.0 Å². The first kappa shape index (κ1) is 16.3. The molecule has 2 aliphatic rings. The van der Waals surface area contributed by atoms with E-state index in [9.17, 15) is 22.8 Å². The lowest BCUT2D eigenvalue weighted by Gasteiger charge is -2.30. The number of pyridine rings is 1. The molecule has 2 atom stereocenters. The molecule has 0 radical (unpaired) electrons. The summed E-state index contributed by atoms with van der Waals surface area (Å²) in [6, 6.07) is 1.54. The number of nitrogens with zero attached hydrogens (tertiary/aromatic N) is 3. The highest BCUT2D eigenvalue weighted by Crippen LogP contribution is 2.30. The van der Waals surface area contributed by atoms with Crippen LogP contribution in [0, 0.1) is 0 Å². The highest BCUT2D eigenvalue weighted by molar-refractivity contribution is 5.94. The van der Waals surface area contributed by atoms with Crippen molar-refractivity contribution in [3.8, 4) is 0 Å². The molecule has 0 spiro atoms. The third-order valence-electron chi connectivity index (χ3n) is 3.95. The summed E-state index contributed by atoms with van der Waals surface area (Å²) in [7, 11) is 0. The first-order chi connectivity index (χ1) is 11.3. The quantitative estimate of drug-likeness (QED) is 0.900. The van der Waals surface area contributed by atoms with E-state index in [1.165, 1.54) is 6.08 Å². The van der Waals surface area contributed by atoms with Crippen molar-refractivity contribution in [1.29, 1.82) is 0 Å². The van der Waals surface area contributed by atoms with Crippen molar-refractivity contribution in [1.82, 2.24) is 10.3 Å². The van der Waals surface area contributed by atoms with Gasteiger partial charge in [-0.1, -0.05) is 0 Å². The number of aromatic nitrogens is 1. The predicted molar refractivity (Wildman–Crippen MR) is 76.1 cm³/mol. The average Bonchev–Trinajstić information content (AvgIpc) is 2.53. The number of fused-ring (bicyclic) bond motifs is 1. The van der Waals surface area contributed by atoms with E-state index >= 15 is 0 Å². The number of nitrogens with one attached hydrogen (secondary N) is 1. The zero-order valence-electron chi connectivity index (χ0n) is 12.4. The van der Waals surface area contributed by atoms with Gasteiger partial charge in [0.25, 0.3) is 11.8 Å². The van der Waals surface area contributed by atoms with Crippen molar-refractivity contribution in [2.75, 3.05) is 0 Å². The van der Waals surface area contributed by atoms with Gasteiger partial charge in [0.2, 0.25) is 0 Å². The normalized spacial score (nSPS) is 23.5. The molecule has 0 saturated heterocycles. The van der Waals surface area contributed by atoms with Crippen molar-refractivity contribution in [2.45, 2.75) is 37.5 Å². The summed E-state index contributed by atoms with van der Waals surface area (Å²) in [4.78, 5) is 26.7. The Balaban J connectivity index is 1.64. The van der Waals surface area contributed by atoms with Gasteiger partial charge in [0.15, 0.2) is 0 Å². The third kappa shape index (κ3) is 3.50. The first-order valence-corrected chi connectivity index (χ1v) is 7.32. The fourth-order valence-electron chi connectivity index (χ4n) is 2.76. The standard InChI is InChI=1S/C15H13F3N4O2/c16-15(17,18)12-4-1-8(7-19-12)14(24)20-10-2-3-11-9(5-10)6-13(23)22-21-11/h1,4,6-7,10-11H,2-3,5H2,(H,20,24). The molecule has 2 amide bonds. The number of rotatable bonds is 2. The summed E-state index contributed by atoms with van der Waals surface area (Å²) in [5, 5.41) is 10.2. The molecule has 1 aromatic rings. The van der Waals surface area contributed by atoms with Crippen LogP contribution in [0.25, 0.3) is 0 Å². The van der Waals surface area contributed by atoms with Crippen LogP contribution in [0.3, 0.4) is 0 Å². The zero-order chi connectivity index (χ0) is 17.3. The van der Waals surface area contributed by atoms with E-state index in [0.29, 0.717) is 19.3 Å². The monoisotopic (exact) mass is 338 g/mol. The molecule has 9 heteroatoms. The summed E-state index contributed by atoms with van der Waals surface area (Å²) in [6.45, 7) is 0. The van der Waals surface area contributed by atoms with Crippen LogP contribution in [0.15, 0.2) is 40.2 Å². The average molecular weight is 338 g/mol. The number of hydrogen-bond donors (Lipinski definition) is 1. The summed E-state index contributed by atoms with van der Waals surface area (Å²) < 4.78 is 37.4. The largest absolute Gasteiger partial charge is 0.433 e. The second-order valence-corrected chi connectivity index (χ2v) is 5.67. The van der Waals surface area contributed by atoms with E-state index in [1.807, 2.05) is 0 Å². The number of carbonyl (C=O) groups excluding carboxylic acids is 2. The van der Waals surface area contributed by atoms with E-state index in [1.54, 1.807) is 0 Å². The van der Waals surface area contributed by atoms with Gasteiger partial charge in [0, 0.05) is 18.3 Å². The van der Waals surface area contributed by atoms with Crippen LogP contribution in [0.5, 0.6) is 0 Å². The van der Waals surface area contributed by atoms with Crippen LogP contribution >= 0.6 is 0 Å². The lowest BCUT2D eigenvalue weighted by atomic mass is 9.86. The molecule has 6 nitrogen and oxygen atoms in total. The van der Waals surface area contributed by atoms with Crippen molar-refractivity contribution in [3.05, 3.63) is 41.2 Å². The van der Waals surface area contributed by atoms with Crippen LogP contribution < -0.4 is 5.32 Å². The molecule has 24 heavy (non-hydrogen) atoms. The number of amides is 2. The minimum Gasteiger partial charge on any atom is -0.349 e. The van der Waals surface area contributed by atoms with Gasteiger partial charge in [-0.25, -0.2) is 0 Å². The van der Waals surface area contributed by atoms with Gasteiger partial charge in [-0.3, -0.25) is 14.6 Å². The molecular weight excluding hydrogens is 325 g/mol. The summed E-state index contributed by atoms with van der Waals surface area (Å²) >= 11 is 0. The maximum atomic E-state index is 12.5. The minimum absolute atomic E-state index is 0.0542. The minimum atomic E-state index is -4.54. The summed E-state index contributed by atoms with van der Waals surface area (Å²) in [6.07, 6.45) is -0.442. The highest BCUT2D eigenvalue weighted by atomic mass is 19.4. The van der Waals surface area contributed by atoms with Crippen molar-refractivity contribution < 1.29 is 22.8 Å². The summed E-state index contributed by atoms with van der Waals surface area (Å²) in [5.74, 6) is -0.913. The molecule has 1 aromatic heterocycles. The lowest BCUT2D eigenvalue weighted by molar-refractivity contribution is -0.141. The number of azo groups is 1. The van der Waals surface area contributed by atoms with Gasteiger partial charge in [-0.15, -0.1) is 5.11 Å². The predicted octanol–water partition coefficient (Wildman–Crippen LogP) is 2.67. The Morgan fingerprint density at radius 2 is 2.04 bits per heavy atom. The van der Waals surface area contributed by atoms with E-state index < -0.39 is 23.7 Å². The smallest absolute Gasteiger partial charge is 0.349 e. The maximum absolute atomic E-state index is 12.5. The topological polar surface area (TPSA) is 83.8 Å². The third-order valence-corrected chi connectivity index (χ3v) is 3.95. The molecular formula is C15H13F3N4O2. The zero-order valence-corrected chi connectivity index (χ0v) is 12.4. The van der Waals surface area contributed by atoms with Crippen LogP contribution in [0.4, 0.5) is 13.2 Å². The van der Waals surface area contributed by atoms with E-state index in [4.69, 9.17) is 0 Å². The van der Waals surface area contributed by atoms with Gasteiger partial charge in [-0.2, -0.15) is 18.3 Å². The van der Waals surface area contributed by atoms with Crippen LogP contribution in [0.2, 0.25) is 0 Å². The molecule has 1 fully saturated rings. The molecule has 1 aliphatic carbocycles. The van der Waals surface area contributed by atoms with Gasteiger partial charge in [-0.05, 0) is 37.0 Å². The van der Waals surface area contributed by atoms with E-state index in [2.05, 4.69) is 20.5 Å².